The molecule has 0 aromatic carbocycles. The Morgan fingerprint density at radius 3 is 2.47 bits per heavy atom. The standard InChI is InChI=1S/C20H23F3N4O3/c1-12(2)18(28)27-16-10-14(6-8-24-16)13(3)26-19(29)15-4-5-17(25-11-15)30-9-7-20(21,22)23/h4-6,8,10-13H,7,9H2,1-3H3,(H,26,29)(H,24,27,28). The number of amides is 2. The lowest BCUT2D eigenvalue weighted by atomic mass is 10.1. The van der Waals surface area contributed by atoms with Gasteiger partial charge in [-0.1, -0.05) is 13.8 Å². The third-order valence-electron chi connectivity index (χ3n) is 4.04. The molecule has 2 aromatic heterocycles. The highest BCUT2D eigenvalue weighted by Gasteiger charge is 2.27. The van der Waals surface area contributed by atoms with Gasteiger partial charge in [0.25, 0.3) is 5.91 Å². The molecule has 2 N–H and O–H groups in total. The summed E-state index contributed by atoms with van der Waals surface area (Å²) in [4.78, 5) is 32.2. The summed E-state index contributed by atoms with van der Waals surface area (Å²) in [7, 11) is 0. The minimum absolute atomic E-state index is 0.00326. The van der Waals surface area contributed by atoms with E-state index in [1.54, 1.807) is 32.9 Å². The van der Waals surface area contributed by atoms with Crippen LogP contribution < -0.4 is 15.4 Å². The van der Waals surface area contributed by atoms with Crippen molar-refractivity contribution in [2.45, 2.75) is 39.4 Å². The van der Waals surface area contributed by atoms with Crippen LogP contribution in [0.1, 0.15) is 49.2 Å². The second-order valence-electron chi connectivity index (χ2n) is 6.91. The molecule has 0 aliphatic carbocycles. The number of halogens is 3. The first kappa shape index (κ1) is 23.1. The quantitative estimate of drug-likeness (QED) is 0.671. The van der Waals surface area contributed by atoms with Gasteiger partial charge in [0.15, 0.2) is 0 Å². The van der Waals surface area contributed by atoms with E-state index in [4.69, 9.17) is 4.74 Å². The predicted molar refractivity (Wildman–Crippen MR) is 104 cm³/mol. The lowest BCUT2D eigenvalue weighted by Gasteiger charge is -2.16. The summed E-state index contributed by atoms with van der Waals surface area (Å²) < 4.78 is 41.3. The molecule has 0 saturated carbocycles. The number of aromatic nitrogens is 2. The van der Waals surface area contributed by atoms with Crippen LogP contribution in [0.3, 0.4) is 0 Å². The van der Waals surface area contributed by atoms with E-state index >= 15 is 0 Å². The molecule has 10 heteroatoms. The average molecular weight is 424 g/mol. The highest BCUT2D eigenvalue weighted by molar-refractivity contribution is 5.94. The molecule has 1 atom stereocenters. The van der Waals surface area contributed by atoms with Crippen molar-refractivity contribution >= 4 is 17.6 Å². The molecule has 2 heterocycles. The van der Waals surface area contributed by atoms with Crippen molar-refractivity contribution in [1.82, 2.24) is 15.3 Å². The molecule has 0 aliphatic rings. The molecular weight excluding hydrogens is 401 g/mol. The van der Waals surface area contributed by atoms with Crippen LogP contribution in [0.25, 0.3) is 0 Å². The third-order valence-corrected chi connectivity index (χ3v) is 4.04. The molecule has 30 heavy (non-hydrogen) atoms. The van der Waals surface area contributed by atoms with Crippen LogP contribution in [0, 0.1) is 5.92 Å². The molecule has 0 saturated heterocycles. The summed E-state index contributed by atoms with van der Waals surface area (Å²) in [6.45, 7) is 4.76. The first-order chi connectivity index (χ1) is 14.0. The number of anilines is 1. The van der Waals surface area contributed by atoms with Gasteiger partial charge in [-0.2, -0.15) is 13.2 Å². The van der Waals surface area contributed by atoms with Crippen molar-refractivity contribution in [2.24, 2.45) is 5.92 Å². The van der Waals surface area contributed by atoms with Crippen molar-refractivity contribution in [3.8, 4) is 5.88 Å². The monoisotopic (exact) mass is 424 g/mol. The smallest absolute Gasteiger partial charge is 0.392 e. The first-order valence-electron chi connectivity index (χ1n) is 9.28. The Morgan fingerprint density at radius 2 is 1.87 bits per heavy atom. The van der Waals surface area contributed by atoms with Gasteiger partial charge in [-0.25, -0.2) is 9.97 Å². The largest absolute Gasteiger partial charge is 0.477 e. The summed E-state index contributed by atoms with van der Waals surface area (Å²) in [6.07, 6.45) is -2.63. The van der Waals surface area contributed by atoms with Crippen molar-refractivity contribution in [1.29, 1.82) is 0 Å². The molecule has 0 spiro atoms. The Hall–Kier alpha value is -3.17. The van der Waals surface area contributed by atoms with Crippen LogP contribution in [0.5, 0.6) is 5.88 Å². The summed E-state index contributed by atoms with van der Waals surface area (Å²) in [6, 6.07) is 5.74. The van der Waals surface area contributed by atoms with Gasteiger partial charge >= 0.3 is 6.18 Å². The number of alkyl halides is 3. The fraction of sp³-hybridized carbons (Fsp3) is 0.400. The van der Waals surface area contributed by atoms with E-state index in [1.807, 2.05) is 0 Å². The molecule has 0 aliphatic heterocycles. The van der Waals surface area contributed by atoms with Gasteiger partial charge in [0, 0.05) is 24.4 Å². The molecular formula is C20H23F3N4O3. The Kier molecular flexibility index (Phi) is 7.73. The lowest BCUT2D eigenvalue weighted by Crippen LogP contribution is -2.27. The lowest BCUT2D eigenvalue weighted by molar-refractivity contribution is -0.139. The Balaban J connectivity index is 1.94. The highest BCUT2D eigenvalue weighted by Crippen LogP contribution is 2.20. The Labute approximate surface area is 172 Å². The zero-order chi connectivity index (χ0) is 22.3. The first-order valence-corrected chi connectivity index (χ1v) is 9.28. The Bertz CT molecular complexity index is 870. The fourth-order valence-electron chi connectivity index (χ4n) is 2.29. The van der Waals surface area contributed by atoms with Gasteiger partial charge in [-0.3, -0.25) is 9.59 Å². The van der Waals surface area contributed by atoms with Gasteiger partial charge < -0.3 is 15.4 Å². The molecule has 162 valence electrons. The number of ether oxygens (including phenoxy) is 1. The second kappa shape index (κ2) is 10.0. The molecule has 2 aromatic rings. The zero-order valence-electron chi connectivity index (χ0n) is 16.8. The van der Waals surface area contributed by atoms with Crippen LogP contribution >= 0.6 is 0 Å². The average Bonchev–Trinajstić information content (AvgIpc) is 2.67. The minimum atomic E-state index is -4.31. The molecule has 0 bridgehead atoms. The highest BCUT2D eigenvalue weighted by atomic mass is 19.4. The summed E-state index contributed by atoms with van der Waals surface area (Å²) in [5.74, 6) is -0.389. The number of carbonyl (C=O) groups is 2. The maximum Gasteiger partial charge on any atom is 0.392 e. The zero-order valence-corrected chi connectivity index (χ0v) is 16.8. The van der Waals surface area contributed by atoms with E-state index < -0.39 is 31.2 Å². The minimum Gasteiger partial charge on any atom is -0.477 e. The normalized spacial score (nSPS) is 12.4. The topological polar surface area (TPSA) is 93.2 Å². The SMILES string of the molecule is CC(C)C(=O)Nc1cc(C(C)NC(=O)c2ccc(OCCC(F)(F)F)nc2)ccn1. The van der Waals surface area contributed by atoms with E-state index in [9.17, 15) is 22.8 Å². The molecule has 7 nitrogen and oxygen atoms in total. The maximum atomic E-state index is 12.4. The molecule has 2 amide bonds. The van der Waals surface area contributed by atoms with Gasteiger partial charge in [-0.15, -0.1) is 0 Å². The number of carbonyl (C=O) groups excluding carboxylic acids is 2. The van der Waals surface area contributed by atoms with E-state index in [0.717, 1.165) is 5.56 Å². The maximum absolute atomic E-state index is 12.4. The summed E-state index contributed by atoms with van der Waals surface area (Å²) in [5, 5.41) is 5.49. The number of rotatable bonds is 8. The van der Waals surface area contributed by atoms with E-state index in [1.165, 1.54) is 24.5 Å². The van der Waals surface area contributed by atoms with Gasteiger partial charge in [0.05, 0.1) is 24.6 Å². The van der Waals surface area contributed by atoms with Gasteiger partial charge in [-0.05, 0) is 30.7 Å². The van der Waals surface area contributed by atoms with Crippen molar-refractivity contribution in [3.63, 3.8) is 0 Å². The molecule has 0 fully saturated rings. The van der Waals surface area contributed by atoms with Crippen molar-refractivity contribution < 1.29 is 27.5 Å². The number of nitrogens with one attached hydrogen (secondary N) is 2. The third kappa shape index (κ3) is 7.34. The fourth-order valence-corrected chi connectivity index (χ4v) is 2.29. The number of nitrogens with zero attached hydrogens (tertiary/aromatic N) is 2. The number of hydrogen-bond acceptors (Lipinski definition) is 5. The summed E-state index contributed by atoms with van der Waals surface area (Å²) in [5.41, 5.74) is 0.963. The number of hydrogen-bond donors (Lipinski definition) is 2. The number of pyridine rings is 2. The van der Waals surface area contributed by atoms with Gasteiger partial charge in [0.1, 0.15) is 5.82 Å². The van der Waals surface area contributed by atoms with Crippen LogP contribution in [-0.2, 0) is 4.79 Å². The Morgan fingerprint density at radius 1 is 1.13 bits per heavy atom. The van der Waals surface area contributed by atoms with E-state index in [0.29, 0.717) is 5.82 Å². The van der Waals surface area contributed by atoms with Gasteiger partial charge in [0.2, 0.25) is 11.8 Å². The van der Waals surface area contributed by atoms with Crippen LogP contribution in [-0.4, -0.2) is 34.6 Å². The van der Waals surface area contributed by atoms with E-state index in [-0.39, 0.29) is 23.3 Å². The van der Waals surface area contributed by atoms with E-state index in [2.05, 4.69) is 20.6 Å². The molecule has 2 rings (SSSR count). The van der Waals surface area contributed by atoms with Crippen LogP contribution in [0.15, 0.2) is 36.7 Å². The van der Waals surface area contributed by atoms with Crippen LogP contribution in [0.4, 0.5) is 19.0 Å². The molecule has 1 unspecified atom stereocenters. The van der Waals surface area contributed by atoms with Crippen molar-refractivity contribution in [2.75, 3.05) is 11.9 Å². The van der Waals surface area contributed by atoms with Crippen molar-refractivity contribution in [3.05, 3.63) is 47.8 Å². The predicted octanol–water partition coefficient (Wildman–Crippen LogP) is 3.89. The summed E-state index contributed by atoms with van der Waals surface area (Å²) >= 11 is 0. The second-order valence-corrected chi connectivity index (χ2v) is 6.91. The van der Waals surface area contributed by atoms with Crippen LogP contribution in [0.2, 0.25) is 0 Å². The molecule has 0 radical (unpaired) electrons.